The third-order valence-electron chi connectivity index (χ3n) is 5.05. The van der Waals surface area contributed by atoms with Gasteiger partial charge in [-0.3, -0.25) is 0 Å². The lowest BCUT2D eigenvalue weighted by atomic mass is 10.2. The van der Waals surface area contributed by atoms with Gasteiger partial charge in [-0.2, -0.15) is 4.31 Å². The SMILES string of the molecule is C=CCCCN(C)C(=NCc1ccccc1S(=O)(=O)N1CCN(C)CC1)NCC.I. The van der Waals surface area contributed by atoms with Crippen molar-refractivity contribution in [1.82, 2.24) is 19.4 Å². The number of guanidine groups is 1. The van der Waals surface area contributed by atoms with Crippen molar-refractivity contribution in [3.05, 3.63) is 42.5 Å². The molecule has 1 aliphatic rings. The number of piperazine rings is 1. The molecule has 0 saturated carbocycles. The summed E-state index contributed by atoms with van der Waals surface area (Å²) in [6.45, 7) is 10.3. The molecule has 0 unspecified atom stereocenters. The Kier molecular flexibility index (Phi) is 11.9. The maximum Gasteiger partial charge on any atom is 0.243 e. The fraction of sp³-hybridized carbons (Fsp3) is 0.571. The Hall–Kier alpha value is -1.17. The van der Waals surface area contributed by atoms with Crippen LogP contribution in [-0.2, 0) is 16.6 Å². The van der Waals surface area contributed by atoms with Crippen LogP contribution in [0.15, 0.2) is 46.8 Å². The van der Waals surface area contributed by atoms with Gasteiger partial charge in [-0.1, -0.05) is 24.3 Å². The first-order chi connectivity index (χ1) is 13.9. The van der Waals surface area contributed by atoms with Gasteiger partial charge in [0.05, 0.1) is 11.4 Å². The second-order valence-electron chi connectivity index (χ2n) is 7.34. The molecule has 1 aromatic carbocycles. The van der Waals surface area contributed by atoms with Gasteiger partial charge < -0.3 is 15.1 Å². The van der Waals surface area contributed by atoms with Gasteiger partial charge >= 0.3 is 0 Å². The van der Waals surface area contributed by atoms with Crippen LogP contribution < -0.4 is 5.32 Å². The van der Waals surface area contributed by atoms with Crippen molar-refractivity contribution in [3.63, 3.8) is 0 Å². The average Bonchev–Trinajstić information content (AvgIpc) is 2.71. The number of allylic oxidation sites excluding steroid dienone is 1. The molecular weight excluding hydrogens is 513 g/mol. The minimum absolute atomic E-state index is 0. The predicted octanol–water partition coefficient (Wildman–Crippen LogP) is 2.60. The zero-order chi connectivity index (χ0) is 21.3. The van der Waals surface area contributed by atoms with Crippen LogP contribution in [0.4, 0.5) is 0 Å². The van der Waals surface area contributed by atoms with Gasteiger partial charge in [0.25, 0.3) is 0 Å². The fourth-order valence-corrected chi connectivity index (χ4v) is 4.90. The van der Waals surface area contributed by atoms with Crippen molar-refractivity contribution in [1.29, 1.82) is 0 Å². The lowest BCUT2D eigenvalue weighted by molar-refractivity contribution is 0.222. The highest BCUT2D eigenvalue weighted by molar-refractivity contribution is 14.0. The van der Waals surface area contributed by atoms with Gasteiger partial charge in [-0.05, 0) is 38.4 Å². The summed E-state index contributed by atoms with van der Waals surface area (Å²) in [6.07, 6.45) is 3.87. The summed E-state index contributed by atoms with van der Waals surface area (Å²) >= 11 is 0. The zero-order valence-corrected chi connectivity index (χ0v) is 21.5. The van der Waals surface area contributed by atoms with E-state index in [1.165, 1.54) is 0 Å². The number of hydrogen-bond acceptors (Lipinski definition) is 4. The number of benzene rings is 1. The predicted molar refractivity (Wildman–Crippen MR) is 135 cm³/mol. The van der Waals surface area contributed by atoms with Crippen molar-refractivity contribution < 1.29 is 8.42 Å². The van der Waals surface area contributed by atoms with Crippen molar-refractivity contribution in [2.75, 3.05) is 53.4 Å². The van der Waals surface area contributed by atoms with E-state index in [0.29, 0.717) is 24.5 Å². The molecule has 0 radical (unpaired) electrons. The summed E-state index contributed by atoms with van der Waals surface area (Å²) in [6, 6.07) is 7.20. The molecule has 2 rings (SSSR count). The summed E-state index contributed by atoms with van der Waals surface area (Å²) in [4.78, 5) is 9.29. The van der Waals surface area contributed by atoms with Crippen molar-refractivity contribution in [2.45, 2.75) is 31.2 Å². The van der Waals surface area contributed by atoms with E-state index in [4.69, 9.17) is 4.99 Å². The molecule has 0 amide bonds. The minimum atomic E-state index is -3.52. The van der Waals surface area contributed by atoms with E-state index in [9.17, 15) is 8.42 Å². The van der Waals surface area contributed by atoms with Gasteiger partial charge in [-0.25, -0.2) is 13.4 Å². The standard InChI is InChI=1S/C21H35N5O2S.HI/c1-5-7-10-13-25(4)21(22-6-2)23-18-19-11-8-9-12-20(19)29(27,28)26-16-14-24(3)15-17-26;/h5,8-9,11-12H,1,6-7,10,13-18H2,2-4H3,(H,22,23);1H. The number of halogens is 1. The molecule has 7 nitrogen and oxygen atoms in total. The van der Waals surface area contributed by atoms with Crippen LogP contribution in [0, 0.1) is 0 Å². The molecule has 9 heteroatoms. The molecule has 1 fully saturated rings. The summed E-state index contributed by atoms with van der Waals surface area (Å²) in [5.41, 5.74) is 0.723. The Morgan fingerprint density at radius 2 is 1.93 bits per heavy atom. The lowest BCUT2D eigenvalue weighted by Crippen LogP contribution is -2.47. The van der Waals surface area contributed by atoms with E-state index in [0.717, 1.165) is 50.5 Å². The molecule has 1 N–H and O–H groups in total. The molecular formula is C21H36IN5O2S. The maximum absolute atomic E-state index is 13.2. The summed E-state index contributed by atoms with van der Waals surface area (Å²) < 4.78 is 28.0. The largest absolute Gasteiger partial charge is 0.357 e. The Morgan fingerprint density at radius 1 is 1.27 bits per heavy atom. The fourth-order valence-electron chi connectivity index (χ4n) is 3.26. The number of sulfonamides is 1. The minimum Gasteiger partial charge on any atom is -0.357 e. The van der Waals surface area contributed by atoms with E-state index in [1.54, 1.807) is 16.4 Å². The Morgan fingerprint density at radius 3 is 2.57 bits per heavy atom. The molecule has 1 aromatic rings. The van der Waals surface area contributed by atoms with Crippen LogP contribution in [0.5, 0.6) is 0 Å². The van der Waals surface area contributed by atoms with Gasteiger partial charge in [-0.15, -0.1) is 30.6 Å². The first kappa shape index (κ1) is 26.9. The normalized spacial score (nSPS) is 16.0. The monoisotopic (exact) mass is 549 g/mol. The van der Waals surface area contributed by atoms with Gasteiger partial charge in [0, 0.05) is 46.3 Å². The number of nitrogens with zero attached hydrogens (tertiary/aromatic N) is 4. The summed E-state index contributed by atoms with van der Waals surface area (Å²) in [5, 5.41) is 3.29. The molecule has 0 aromatic heterocycles. The molecule has 1 heterocycles. The third-order valence-corrected chi connectivity index (χ3v) is 7.05. The Labute approximate surface area is 199 Å². The van der Waals surface area contributed by atoms with Gasteiger partial charge in [0.1, 0.15) is 0 Å². The van der Waals surface area contributed by atoms with E-state index in [-0.39, 0.29) is 24.0 Å². The third kappa shape index (κ3) is 7.51. The molecule has 0 spiro atoms. The van der Waals surface area contributed by atoms with Crippen LogP contribution in [0.25, 0.3) is 0 Å². The Bertz CT molecular complexity index is 792. The van der Waals surface area contributed by atoms with Crippen LogP contribution in [0.1, 0.15) is 25.3 Å². The highest BCUT2D eigenvalue weighted by Crippen LogP contribution is 2.22. The number of unbranched alkanes of at least 4 members (excludes halogenated alkanes) is 1. The summed E-state index contributed by atoms with van der Waals surface area (Å²) in [5.74, 6) is 0.781. The number of hydrogen-bond donors (Lipinski definition) is 1. The van der Waals surface area contributed by atoms with Crippen molar-refractivity contribution in [3.8, 4) is 0 Å². The second kappa shape index (κ2) is 13.3. The molecule has 170 valence electrons. The zero-order valence-electron chi connectivity index (χ0n) is 18.4. The number of nitrogens with one attached hydrogen (secondary N) is 1. The van der Waals surface area contributed by atoms with Crippen LogP contribution in [0.2, 0.25) is 0 Å². The maximum atomic E-state index is 13.2. The van der Waals surface area contributed by atoms with E-state index in [2.05, 4.69) is 21.7 Å². The van der Waals surface area contributed by atoms with E-state index < -0.39 is 10.0 Å². The smallest absolute Gasteiger partial charge is 0.243 e. The van der Waals surface area contributed by atoms with Crippen molar-refractivity contribution >= 4 is 40.0 Å². The summed E-state index contributed by atoms with van der Waals surface area (Å²) in [7, 11) is 0.490. The average molecular weight is 550 g/mol. The second-order valence-corrected chi connectivity index (χ2v) is 9.24. The lowest BCUT2D eigenvalue weighted by Gasteiger charge is -2.32. The van der Waals surface area contributed by atoms with Crippen LogP contribution in [0.3, 0.4) is 0 Å². The van der Waals surface area contributed by atoms with Crippen molar-refractivity contribution in [2.24, 2.45) is 4.99 Å². The van der Waals surface area contributed by atoms with E-state index >= 15 is 0 Å². The quantitative estimate of drug-likeness (QED) is 0.169. The Balaban J connectivity index is 0.00000450. The highest BCUT2D eigenvalue weighted by Gasteiger charge is 2.29. The first-order valence-electron chi connectivity index (χ1n) is 10.3. The molecule has 1 saturated heterocycles. The van der Waals surface area contributed by atoms with Gasteiger partial charge in [0.2, 0.25) is 10.0 Å². The van der Waals surface area contributed by atoms with Crippen LogP contribution >= 0.6 is 24.0 Å². The van der Waals surface area contributed by atoms with E-state index in [1.807, 2.05) is 39.2 Å². The van der Waals surface area contributed by atoms with Gasteiger partial charge in [0.15, 0.2) is 5.96 Å². The topological polar surface area (TPSA) is 68.2 Å². The van der Waals surface area contributed by atoms with Crippen LogP contribution in [-0.4, -0.2) is 81.8 Å². The first-order valence-corrected chi connectivity index (χ1v) is 11.7. The molecule has 1 aliphatic heterocycles. The molecule has 30 heavy (non-hydrogen) atoms. The number of likely N-dealkylation sites (N-methyl/N-ethyl adjacent to an activating group) is 1. The number of rotatable bonds is 9. The number of aliphatic imine (C=N–C) groups is 1. The molecule has 0 aliphatic carbocycles. The molecule has 0 bridgehead atoms. The highest BCUT2D eigenvalue weighted by atomic mass is 127. The molecule has 0 atom stereocenters.